The standard InChI is InChI=1S/C3H7NO2S.HNS/c4-2(1-7)3(5)6;1-2/h2,7H,1,4H2,(H,5,6);1H/t2-;/m0./s1. The Kier molecular flexibility index (Phi) is 10.0. The third-order valence-corrected chi connectivity index (χ3v) is 0.907. The Bertz CT molecular complexity index is 89.9. The molecule has 0 spiro atoms. The summed E-state index contributed by atoms with van der Waals surface area (Å²) in [5.74, 6) is -0.815. The number of carboxylic acid groups (broad SMARTS) is 1. The molecule has 0 saturated carbocycles. The molecular weight excluding hydrogens is 160 g/mol. The molecule has 0 radical (unpaired) electrons. The van der Waals surface area contributed by atoms with Crippen molar-refractivity contribution in [1.29, 1.82) is 4.78 Å². The van der Waals surface area contributed by atoms with Crippen LogP contribution in [0.1, 0.15) is 0 Å². The Balaban J connectivity index is 0. The Morgan fingerprint density at radius 1 is 1.89 bits per heavy atom. The molecule has 0 amide bonds. The van der Waals surface area contributed by atoms with Crippen molar-refractivity contribution in [2.75, 3.05) is 5.75 Å². The van der Waals surface area contributed by atoms with E-state index < -0.39 is 12.0 Å². The maximum Gasteiger partial charge on any atom is 0.321 e. The molecule has 4 nitrogen and oxygen atoms in total. The van der Waals surface area contributed by atoms with E-state index in [9.17, 15) is 4.79 Å². The van der Waals surface area contributed by atoms with Crippen molar-refractivity contribution in [3.63, 3.8) is 0 Å². The number of carboxylic acids is 1. The SMILES string of the molecule is N=S.N[C@@H](CS)C(=O)O. The van der Waals surface area contributed by atoms with Crippen molar-refractivity contribution >= 4 is 31.0 Å². The predicted molar refractivity (Wildman–Crippen MR) is 39.5 cm³/mol. The topological polar surface area (TPSA) is 87.2 Å². The molecule has 0 aromatic heterocycles. The highest BCUT2D eigenvalue weighted by Gasteiger charge is 2.06. The van der Waals surface area contributed by atoms with E-state index in [0.717, 1.165) is 0 Å². The zero-order valence-corrected chi connectivity index (χ0v) is 6.28. The van der Waals surface area contributed by atoms with Gasteiger partial charge in [-0.25, -0.2) is 4.78 Å². The Hall–Kier alpha value is -0.200. The summed E-state index contributed by atoms with van der Waals surface area (Å²) in [4.78, 5) is 9.76. The van der Waals surface area contributed by atoms with E-state index in [1.54, 1.807) is 0 Å². The van der Waals surface area contributed by atoms with E-state index in [1.165, 1.54) is 0 Å². The fourth-order valence-corrected chi connectivity index (χ4v) is 0.234. The Labute approximate surface area is 63.8 Å². The molecule has 0 aliphatic carbocycles. The van der Waals surface area contributed by atoms with E-state index >= 15 is 0 Å². The molecule has 0 aromatic carbocycles. The first kappa shape index (κ1) is 11.6. The van der Waals surface area contributed by atoms with Crippen LogP contribution in [0.25, 0.3) is 0 Å². The summed E-state index contributed by atoms with van der Waals surface area (Å²) in [5, 5.41) is 8.01. The lowest BCUT2D eigenvalue weighted by atomic mass is 10.4. The molecule has 0 aromatic rings. The van der Waals surface area contributed by atoms with Gasteiger partial charge in [-0.05, 0) is 0 Å². The molecule has 0 saturated heterocycles. The van der Waals surface area contributed by atoms with Crippen LogP contribution in [0.3, 0.4) is 0 Å². The van der Waals surface area contributed by atoms with Gasteiger partial charge in [0.15, 0.2) is 0 Å². The number of nitrogens with one attached hydrogen (secondary N) is 1. The van der Waals surface area contributed by atoms with E-state index in [-0.39, 0.29) is 5.75 Å². The molecule has 0 bridgehead atoms. The minimum absolute atomic E-state index is 0.190. The first-order chi connectivity index (χ1) is 4.18. The molecule has 0 unspecified atom stereocenters. The van der Waals surface area contributed by atoms with Crippen LogP contribution in [-0.2, 0) is 17.2 Å². The van der Waals surface area contributed by atoms with Crippen LogP contribution in [0.15, 0.2) is 0 Å². The molecule has 4 N–H and O–H groups in total. The average Bonchev–Trinajstić information content (AvgIpc) is 1.91. The van der Waals surface area contributed by atoms with Gasteiger partial charge in [-0.2, -0.15) is 12.6 Å². The molecule has 0 aliphatic heterocycles. The van der Waals surface area contributed by atoms with Crippen LogP contribution in [0, 0.1) is 4.78 Å². The van der Waals surface area contributed by atoms with Crippen molar-refractivity contribution in [3.8, 4) is 0 Å². The van der Waals surface area contributed by atoms with Crippen molar-refractivity contribution in [2.45, 2.75) is 6.04 Å². The minimum atomic E-state index is -1.00. The van der Waals surface area contributed by atoms with E-state index in [4.69, 9.17) is 15.6 Å². The Morgan fingerprint density at radius 3 is 2.22 bits per heavy atom. The van der Waals surface area contributed by atoms with E-state index in [2.05, 4.69) is 25.1 Å². The number of hydrogen-bond donors (Lipinski definition) is 4. The lowest BCUT2D eigenvalue weighted by molar-refractivity contribution is -0.137. The normalized spacial score (nSPS) is 10.9. The molecule has 0 fully saturated rings. The summed E-state index contributed by atoms with van der Waals surface area (Å²) in [6.07, 6.45) is 0. The summed E-state index contributed by atoms with van der Waals surface area (Å²) in [6.45, 7) is 0. The van der Waals surface area contributed by atoms with E-state index in [0.29, 0.717) is 0 Å². The summed E-state index contributed by atoms with van der Waals surface area (Å²) < 4.78 is 5.33. The van der Waals surface area contributed by atoms with Crippen LogP contribution < -0.4 is 5.73 Å². The summed E-state index contributed by atoms with van der Waals surface area (Å²) >= 11 is 6.98. The zero-order chi connectivity index (χ0) is 7.86. The highest BCUT2D eigenvalue weighted by Crippen LogP contribution is 1.80. The van der Waals surface area contributed by atoms with Gasteiger partial charge in [0, 0.05) is 18.2 Å². The van der Waals surface area contributed by atoms with Crippen molar-refractivity contribution in [3.05, 3.63) is 0 Å². The van der Waals surface area contributed by atoms with Gasteiger partial charge in [0.1, 0.15) is 6.04 Å². The molecular formula is C3H8N2O2S2. The lowest BCUT2D eigenvalue weighted by Gasteiger charge is -1.96. The fraction of sp³-hybridized carbons (Fsp3) is 0.667. The predicted octanol–water partition coefficient (Wildman–Crippen LogP) is -0.376. The Morgan fingerprint density at radius 2 is 2.22 bits per heavy atom. The van der Waals surface area contributed by atoms with Crippen LogP contribution in [0.5, 0.6) is 0 Å². The van der Waals surface area contributed by atoms with Gasteiger partial charge in [-0.1, -0.05) is 0 Å². The van der Waals surface area contributed by atoms with E-state index in [1.807, 2.05) is 0 Å². The number of carbonyl (C=O) groups is 1. The zero-order valence-electron chi connectivity index (χ0n) is 4.57. The van der Waals surface area contributed by atoms with Crippen molar-refractivity contribution in [2.24, 2.45) is 5.73 Å². The highest BCUT2D eigenvalue weighted by molar-refractivity contribution is 7.80. The molecule has 9 heavy (non-hydrogen) atoms. The number of rotatable bonds is 2. The number of thiol groups is 1. The average molecular weight is 168 g/mol. The maximum atomic E-state index is 9.76. The van der Waals surface area contributed by atoms with Crippen molar-refractivity contribution < 1.29 is 9.90 Å². The van der Waals surface area contributed by atoms with Gasteiger partial charge in [0.2, 0.25) is 0 Å². The third-order valence-electron chi connectivity index (χ3n) is 0.514. The summed E-state index contributed by atoms with van der Waals surface area (Å²) in [6, 6.07) is -0.816. The maximum absolute atomic E-state index is 9.76. The van der Waals surface area contributed by atoms with Crippen molar-refractivity contribution in [1.82, 2.24) is 0 Å². The van der Waals surface area contributed by atoms with Gasteiger partial charge >= 0.3 is 5.97 Å². The summed E-state index contributed by atoms with van der Waals surface area (Å²) in [7, 11) is 0. The van der Waals surface area contributed by atoms with Gasteiger partial charge in [0.05, 0.1) is 0 Å². The third kappa shape index (κ3) is 7.80. The molecule has 6 heteroatoms. The number of aliphatic carboxylic acids is 1. The summed E-state index contributed by atoms with van der Waals surface area (Å²) in [5.41, 5.74) is 4.94. The molecule has 0 heterocycles. The van der Waals surface area contributed by atoms with Gasteiger partial charge < -0.3 is 10.8 Å². The minimum Gasteiger partial charge on any atom is -0.480 e. The monoisotopic (exact) mass is 168 g/mol. The molecule has 0 aliphatic rings. The molecule has 0 rings (SSSR count). The van der Waals surface area contributed by atoms with Crippen LogP contribution in [0.4, 0.5) is 0 Å². The second-order valence-electron chi connectivity index (χ2n) is 1.13. The first-order valence-electron chi connectivity index (χ1n) is 1.98. The second kappa shape index (κ2) is 7.80. The quantitative estimate of drug-likeness (QED) is 0.423. The van der Waals surface area contributed by atoms with Crippen LogP contribution in [0.2, 0.25) is 0 Å². The largest absolute Gasteiger partial charge is 0.480 e. The smallest absolute Gasteiger partial charge is 0.321 e. The van der Waals surface area contributed by atoms with Gasteiger partial charge in [-0.15, -0.1) is 0 Å². The second-order valence-corrected chi connectivity index (χ2v) is 1.49. The number of nitrogens with two attached hydrogens (primary N) is 1. The van der Waals surface area contributed by atoms with Crippen LogP contribution >= 0.6 is 12.6 Å². The first-order valence-corrected chi connectivity index (χ1v) is 3.02. The van der Waals surface area contributed by atoms with Gasteiger partial charge in [0.25, 0.3) is 0 Å². The number of hydrogen-bond acceptors (Lipinski definition) is 5. The van der Waals surface area contributed by atoms with Crippen LogP contribution in [-0.4, -0.2) is 22.9 Å². The molecule has 54 valence electrons. The fourth-order valence-electron chi connectivity index (χ4n) is 0.0781. The molecule has 1 atom stereocenters. The van der Waals surface area contributed by atoms with Gasteiger partial charge in [-0.3, -0.25) is 4.79 Å². The highest BCUT2D eigenvalue weighted by atomic mass is 32.1. The lowest BCUT2D eigenvalue weighted by Crippen LogP contribution is -2.31.